The molecular formula is C33H33ClN6O4. The maximum atomic E-state index is 12.9. The largest absolute Gasteiger partial charge is 0.481 e. The summed E-state index contributed by atoms with van der Waals surface area (Å²) in [4.78, 5) is 22.1. The SMILES string of the molecule is COc1nc(-c2cccc(-c3cccc(Nc4nccc5cnn(C)c(=O)c45)c3C)c2Cl)ccc1CNC1CCOCC1O. The average molecular weight is 613 g/mol. The van der Waals surface area contributed by atoms with Crippen molar-refractivity contribution in [2.75, 3.05) is 25.6 Å². The van der Waals surface area contributed by atoms with Gasteiger partial charge in [0.15, 0.2) is 0 Å². The number of rotatable bonds is 8. The molecule has 4 heterocycles. The summed E-state index contributed by atoms with van der Waals surface area (Å²) < 4.78 is 12.3. The van der Waals surface area contributed by atoms with Crippen molar-refractivity contribution in [3.05, 3.63) is 93.5 Å². The van der Waals surface area contributed by atoms with Gasteiger partial charge in [0.05, 0.1) is 42.1 Å². The molecule has 2 aromatic carbocycles. The zero-order valence-electron chi connectivity index (χ0n) is 24.7. The molecule has 1 fully saturated rings. The highest BCUT2D eigenvalue weighted by Crippen LogP contribution is 2.39. The van der Waals surface area contributed by atoms with E-state index in [9.17, 15) is 9.90 Å². The van der Waals surface area contributed by atoms with Crippen LogP contribution < -0.4 is 20.9 Å². The lowest BCUT2D eigenvalue weighted by molar-refractivity contribution is -0.0281. The van der Waals surface area contributed by atoms with Crippen molar-refractivity contribution in [3.63, 3.8) is 0 Å². The minimum absolute atomic E-state index is 0.0495. The Kier molecular flexibility index (Phi) is 8.58. The highest BCUT2D eigenvalue weighted by molar-refractivity contribution is 6.36. The van der Waals surface area contributed by atoms with Gasteiger partial charge in [0.25, 0.3) is 5.56 Å². The van der Waals surface area contributed by atoms with Gasteiger partial charge in [0, 0.05) is 60.2 Å². The van der Waals surface area contributed by atoms with E-state index in [1.165, 1.54) is 4.68 Å². The average Bonchev–Trinajstić information content (AvgIpc) is 3.04. The highest BCUT2D eigenvalue weighted by Gasteiger charge is 2.24. The van der Waals surface area contributed by atoms with Crippen molar-refractivity contribution < 1.29 is 14.6 Å². The molecule has 10 nitrogen and oxygen atoms in total. The van der Waals surface area contributed by atoms with Crippen molar-refractivity contribution in [1.29, 1.82) is 0 Å². The molecule has 0 spiro atoms. The third-order valence-corrected chi connectivity index (χ3v) is 8.43. The van der Waals surface area contributed by atoms with Crippen LogP contribution in [0.4, 0.5) is 11.5 Å². The Labute approximate surface area is 259 Å². The first-order chi connectivity index (χ1) is 21.4. The standard InChI is InChI=1S/C33H33ClN6O4/c1-19-22(6-5-9-25(19)38-31-29-20(12-14-35-31)17-37-40(2)33(29)42)23-7-4-8-24(30(23)34)26-11-10-21(32(39-26)43-3)16-36-27-13-15-44-18-28(27)41/h4-12,14,17,27-28,36,41H,13,15-16,18H2,1-3H3,(H,35,38). The number of nitrogens with zero attached hydrogens (tertiary/aromatic N) is 4. The Balaban J connectivity index is 1.30. The second-order valence-electron chi connectivity index (χ2n) is 10.8. The number of nitrogens with one attached hydrogen (secondary N) is 2. The minimum atomic E-state index is -0.548. The van der Waals surface area contributed by atoms with Gasteiger partial charge in [0.1, 0.15) is 5.82 Å². The molecular weight excluding hydrogens is 580 g/mol. The summed E-state index contributed by atoms with van der Waals surface area (Å²) in [5.74, 6) is 0.951. The second kappa shape index (κ2) is 12.7. The Bertz CT molecular complexity index is 1900. The molecule has 3 N–H and O–H groups in total. The topological polar surface area (TPSA) is 123 Å². The molecule has 5 aromatic rings. The summed E-state index contributed by atoms with van der Waals surface area (Å²) >= 11 is 7.08. The van der Waals surface area contributed by atoms with Gasteiger partial charge in [-0.2, -0.15) is 5.10 Å². The summed E-state index contributed by atoms with van der Waals surface area (Å²) in [5.41, 5.74) is 5.62. The number of methoxy groups -OCH3 is 1. The molecule has 2 unspecified atom stereocenters. The van der Waals surface area contributed by atoms with E-state index in [1.54, 1.807) is 32.6 Å². The summed E-state index contributed by atoms with van der Waals surface area (Å²) in [6.07, 6.45) is 3.50. The van der Waals surface area contributed by atoms with Gasteiger partial charge >= 0.3 is 0 Å². The number of ether oxygens (including phenoxy) is 2. The maximum Gasteiger partial charge on any atom is 0.278 e. The molecule has 226 valence electrons. The fraction of sp³-hybridized carbons (Fsp3) is 0.273. The van der Waals surface area contributed by atoms with Crippen LogP contribution in [0.5, 0.6) is 5.88 Å². The van der Waals surface area contributed by atoms with Gasteiger partial charge in [-0.15, -0.1) is 0 Å². The molecule has 3 aromatic heterocycles. The molecule has 44 heavy (non-hydrogen) atoms. The minimum Gasteiger partial charge on any atom is -0.481 e. The molecule has 0 aliphatic carbocycles. The lowest BCUT2D eigenvalue weighted by Gasteiger charge is -2.28. The summed E-state index contributed by atoms with van der Waals surface area (Å²) in [6, 6.07) is 17.4. The number of pyridine rings is 2. The molecule has 1 saturated heterocycles. The normalized spacial score (nSPS) is 16.7. The third-order valence-electron chi connectivity index (χ3n) is 8.03. The number of anilines is 2. The van der Waals surface area contributed by atoms with Gasteiger partial charge in [-0.3, -0.25) is 4.79 Å². The molecule has 2 atom stereocenters. The fourth-order valence-electron chi connectivity index (χ4n) is 5.53. The number of benzene rings is 2. The number of aliphatic hydroxyl groups is 1. The zero-order valence-corrected chi connectivity index (χ0v) is 25.4. The predicted molar refractivity (Wildman–Crippen MR) is 172 cm³/mol. The van der Waals surface area contributed by atoms with Crippen LogP contribution in [0.1, 0.15) is 17.5 Å². The lowest BCUT2D eigenvalue weighted by Crippen LogP contribution is -2.46. The zero-order chi connectivity index (χ0) is 30.8. The van der Waals surface area contributed by atoms with Crippen molar-refractivity contribution >= 4 is 33.9 Å². The van der Waals surface area contributed by atoms with Crippen molar-refractivity contribution in [1.82, 2.24) is 25.1 Å². The van der Waals surface area contributed by atoms with Crippen molar-refractivity contribution in [2.45, 2.75) is 32.0 Å². The van der Waals surface area contributed by atoms with Crippen molar-refractivity contribution in [2.24, 2.45) is 7.05 Å². The Morgan fingerprint density at radius 2 is 1.91 bits per heavy atom. The number of aromatic nitrogens is 4. The van der Waals surface area contributed by atoms with Crippen LogP contribution >= 0.6 is 11.6 Å². The summed E-state index contributed by atoms with van der Waals surface area (Å²) in [5, 5.41) is 22.8. The van der Waals surface area contributed by atoms with Crippen LogP contribution in [0.15, 0.2) is 71.8 Å². The second-order valence-corrected chi connectivity index (χ2v) is 11.1. The van der Waals surface area contributed by atoms with E-state index in [1.807, 2.05) is 55.5 Å². The first-order valence-corrected chi connectivity index (χ1v) is 14.7. The van der Waals surface area contributed by atoms with Gasteiger partial charge < -0.3 is 25.2 Å². The van der Waals surface area contributed by atoms with E-state index in [-0.39, 0.29) is 11.6 Å². The summed E-state index contributed by atoms with van der Waals surface area (Å²) in [7, 11) is 3.21. The number of aliphatic hydroxyl groups excluding tert-OH is 1. The number of hydrogen-bond acceptors (Lipinski definition) is 9. The van der Waals surface area contributed by atoms with Crippen LogP contribution in [0.2, 0.25) is 5.02 Å². The number of hydrogen-bond donors (Lipinski definition) is 3. The van der Waals surface area contributed by atoms with E-state index < -0.39 is 6.10 Å². The van der Waals surface area contributed by atoms with E-state index in [0.29, 0.717) is 52.9 Å². The fourth-order valence-corrected chi connectivity index (χ4v) is 5.85. The molecule has 1 aliphatic rings. The smallest absolute Gasteiger partial charge is 0.278 e. The number of fused-ring (bicyclic) bond motifs is 1. The number of aryl methyl sites for hydroxylation is 1. The van der Waals surface area contributed by atoms with Crippen LogP contribution in [0, 0.1) is 6.92 Å². The number of halogens is 1. The molecule has 0 amide bonds. The quantitative estimate of drug-likeness (QED) is 0.222. The van der Waals surface area contributed by atoms with E-state index in [0.717, 1.165) is 39.9 Å². The Morgan fingerprint density at radius 1 is 1.11 bits per heavy atom. The van der Waals surface area contributed by atoms with Gasteiger partial charge in [-0.05, 0) is 42.7 Å². The predicted octanol–water partition coefficient (Wildman–Crippen LogP) is 5.01. The third kappa shape index (κ3) is 5.77. The molecule has 0 saturated carbocycles. The van der Waals surface area contributed by atoms with Crippen LogP contribution in [0.25, 0.3) is 33.2 Å². The molecule has 6 rings (SSSR count). The van der Waals surface area contributed by atoms with Crippen LogP contribution in [0.3, 0.4) is 0 Å². The lowest BCUT2D eigenvalue weighted by atomic mass is 9.96. The first-order valence-electron chi connectivity index (χ1n) is 14.4. The summed E-state index contributed by atoms with van der Waals surface area (Å²) in [6.45, 7) is 3.45. The van der Waals surface area contributed by atoms with E-state index >= 15 is 0 Å². The van der Waals surface area contributed by atoms with Gasteiger partial charge in [-0.25, -0.2) is 14.6 Å². The first kappa shape index (κ1) is 29.7. The monoisotopic (exact) mass is 612 g/mol. The molecule has 0 radical (unpaired) electrons. The van der Waals surface area contributed by atoms with E-state index in [4.69, 9.17) is 26.1 Å². The van der Waals surface area contributed by atoms with Crippen LogP contribution in [-0.2, 0) is 18.3 Å². The van der Waals surface area contributed by atoms with Gasteiger partial charge in [-0.1, -0.05) is 48.0 Å². The Morgan fingerprint density at radius 3 is 2.73 bits per heavy atom. The molecule has 1 aliphatic heterocycles. The maximum absolute atomic E-state index is 12.9. The van der Waals surface area contributed by atoms with Crippen molar-refractivity contribution in [3.8, 4) is 28.3 Å². The van der Waals surface area contributed by atoms with Crippen LogP contribution in [-0.4, -0.2) is 57.3 Å². The van der Waals surface area contributed by atoms with E-state index in [2.05, 4.69) is 20.7 Å². The Hall–Kier alpha value is -4.35. The molecule has 0 bridgehead atoms. The molecule has 11 heteroatoms. The van der Waals surface area contributed by atoms with Gasteiger partial charge in [0.2, 0.25) is 5.88 Å². The highest BCUT2D eigenvalue weighted by atomic mass is 35.5.